The van der Waals surface area contributed by atoms with E-state index in [4.69, 9.17) is 14.9 Å². The first kappa shape index (κ1) is 14.9. The van der Waals surface area contributed by atoms with Crippen LogP contribution >= 0.6 is 0 Å². The van der Waals surface area contributed by atoms with Crippen molar-refractivity contribution in [2.45, 2.75) is 59.7 Å². The van der Waals surface area contributed by atoms with Crippen LogP contribution < -0.4 is 0 Å². The molecule has 0 aromatic heterocycles. The van der Waals surface area contributed by atoms with Crippen LogP contribution in [0, 0.1) is 10.8 Å². The minimum absolute atomic E-state index is 0.0122. The molecule has 0 aromatic rings. The Kier molecular flexibility index (Phi) is 4.97. The van der Waals surface area contributed by atoms with Crippen molar-refractivity contribution in [1.82, 2.24) is 0 Å². The Morgan fingerprint density at radius 3 is 2.19 bits per heavy atom. The summed E-state index contributed by atoms with van der Waals surface area (Å²) >= 11 is 0. The molecule has 0 unspecified atom stereocenters. The normalized spacial score (nSPS) is 12.4. The summed E-state index contributed by atoms with van der Waals surface area (Å²) in [6.07, 6.45) is 0.534. The van der Waals surface area contributed by atoms with E-state index in [0.717, 1.165) is 0 Å². The molecule has 0 saturated heterocycles. The van der Waals surface area contributed by atoms with Crippen molar-refractivity contribution >= 4 is 12.4 Å². The van der Waals surface area contributed by atoms with Gasteiger partial charge in [-0.15, -0.1) is 0 Å². The third kappa shape index (κ3) is 5.14. The van der Waals surface area contributed by atoms with Crippen LogP contribution in [0.1, 0.15) is 48.0 Å². The molecule has 0 fully saturated rings. The third-order valence-electron chi connectivity index (χ3n) is 2.20. The van der Waals surface area contributed by atoms with Crippen LogP contribution in [-0.4, -0.2) is 24.1 Å². The number of hydrogen-bond donors (Lipinski definition) is 1. The summed E-state index contributed by atoms with van der Waals surface area (Å²) in [4.78, 5) is 10.3. The van der Waals surface area contributed by atoms with Gasteiger partial charge in [0.15, 0.2) is 5.90 Å². The average Bonchev–Trinajstić information content (AvgIpc) is 1.99. The van der Waals surface area contributed by atoms with Gasteiger partial charge < -0.3 is 9.47 Å². The predicted molar refractivity (Wildman–Crippen MR) is 63.6 cm³/mol. The van der Waals surface area contributed by atoms with E-state index in [1.54, 1.807) is 0 Å². The van der Waals surface area contributed by atoms with Crippen molar-refractivity contribution in [2.24, 2.45) is 5.41 Å². The number of carbonyl (C=O) groups is 1. The van der Waals surface area contributed by atoms with Crippen molar-refractivity contribution in [3.05, 3.63) is 0 Å². The Balaban J connectivity index is 4.54. The first-order chi connectivity index (χ1) is 7.10. The monoisotopic (exact) mass is 229 g/mol. The lowest BCUT2D eigenvalue weighted by Crippen LogP contribution is -2.37. The Labute approximate surface area is 97.8 Å². The maximum Gasteiger partial charge on any atom is 0.293 e. The second-order valence-corrected chi connectivity index (χ2v) is 5.53. The molecule has 4 heteroatoms. The molecule has 0 rings (SSSR count). The summed E-state index contributed by atoms with van der Waals surface area (Å²) < 4.78 is 10.4. The summed E-state index contributed by atoms with van der Waals surface area (Å²) in [6.45, 7) is 11.7. The van der Waals surface area contributed by atoms with Crippen LogP contribution in [0.2, 0.25) is 0 Å². The minimum atomic E-state index is -0.585. The van der Waals surface area contributed by atoms with Gasteiger partial charge in [0, 0.05) is 11.8 Å². The summed E-state index contributed by atoms with van der Waals surface area (Å²) in [5, 5.41) is 7.87. The van der Waals surface area contributed by atoms with Crippen molar-refractivity contribution in [3.63, 3.8) is 0 Å². The fraction of sp³-hybridized carbons (Fsp3) is 0.833. The Bertz CT molecular complexity index is 257. The number of rotatable bonds is 6. The molecule has 0 aliphatic rings. The van der Waals surface area contributed by atoms with Crippen LogP contribution in [0.25, 0.3) is 0 Å². The first-order valence-electron chi connectivity index (χ1n) is 5.48. The quantitative estimate of drug-likeness (QED) is 0.433. The molecule has 0 spiro atoms. The van der Waals surface area contributed by atoms with Gasteiger partial charge in [-0.25, -0.2) is 0 Å². The lowest BCUT2D eigenvalue weighted by molar-refractivity contribution is -0.142. The van der Waals surface area contributed by atoms with Gasteiger partial charge in [0.1, 0.15) is 5.60 Å². The molecule has 16 heavy (non-hydrogen) atoms. The van der Waals surface area contributed by atoms with Crippen molar-refractivity contribution < 1.29 is 14.3 Å². The maximum absolute atomic E-state index is 10.3. The highest BCUT2D eigenvalue weighted by atomic mass is 16.5. The molecule has 0 aromatic carbocycles. The van der Waals surface area contributed by atoms with Gasteiger partial charge in [0.25, 0.3) is 6.47 Å². The average molecular weight is 229 g/mol. The standard InChI is InChI=1S/C12H23NO3/c1-9(2)16-10(13)11(3,4)7-12(5,6)15-8-14/h8-9,13H,7H2,1-6H3. The van der Waals surface area contributed by atoms with E-state index >= 15 is 0 Å². The molecule has 0 radical (unpaired) electrons. The van der Waals surface area contributed by atoms with Gasteiger partial charge in [-0.2, -0.15) is 0 Å². The SMILES string of the molecule is CC(C)OC(=N)C(C)(C)CC(C)(C)OC=O. The molecule has 0 heterocycles. The molecule has 4 nitrogen and oxygen atoms in total. The number of hydrogen-bond acceptors (Lipinski definition) is 4. The Hall–Kier alpha value is -1.06. The number of carbonyl (C=O) groups excluding carboxylic acids is 1. The second kappa shape index (κ2) is 5.32. The van der Waals surface area contributed by atoms with E-state index < -0.39 is 11.0 Å². The van der Waals surface area contributed by atoms with Crippen molar-refractivity contribution in [1.29, 1.82) is 5.41 Å². The summed E-state index contributed by atoms with van der Waals surface area (Å²) in [7, 11) is 0. The highest BCUT2D eigenvalue weighted by Gasteiger charge is 2.35. The van der Waals surface area contributed by atoms with E-state index in [9.17, 15) is 4.79 Å². The Morgan fingerprint density at radius 2 is 1.81 bits per heavy atom. The highest BCUT2D eigenvalue weighted by Crippen LogP contribution is 2.31. The maximum atomic E-state index is 10.3. The zero-order chi connectivity index (χ0) is 13.0. The van der Waals surface area contributed by atoms with Crippen LogP contribution in [0.5, 0.6) is 0 Å². The lowest BCUT2D eigenvalue weighted by Gasteiger charge is -2.34. The van der Waals surface area contributed by atoms with Crippen LogP contribution in [0.4, 0.5) is 0 Å². The largest absolute Gasteiger partial charge is 0.478 e. The third-order valence-corrected chi connectivity index (χ3v) is 2.20. The van der Waals surface area contributed by atoms with Gasteiger partial charge in [-0.3, -0.25) is 10.2 Å². The van der Waals surface area contributed by atoms with Gasteiger partial charge in [0.05, 0.1) is 6.10 Å². The van der Waals surface area contributed by atoms with Crippen molar-refractivity contribution in [2.75, 3.05) is 0 Å². The highest BCUT2D eigenvalue weighted by molar-refractivity contribution is 5.79. The molecule has 94 valence electrons. The van der Waals surface area contributed by atoms with E-state index in [1.807, 2.05) is 41.5 Å². The predicted octanol–water partition coefficient (Wildman–Crippen LogP) is 2.76. The van der Waals surface area contributed by atoms with Gasteiger partial charge >= 0.3 is 0 Å². The van der Waals surface area contributed by atoms with Gasteiger partial charge in [-0.05, 0) is 27.7 Å². The van der Waals surface area contributed by atoms with Crippen LogP contribution in [0.3, 0.4) is 0 Å². The molecule has 0 saturated carbocycles. The zero-order valence-electron chi connectivity index (χ0n) is 11.1. The van der Waals surface area contributed by atoms with Crippen molar-refractivity contribution in [3.8, 4) is 0 Å². The molecule has 0 aliphatic carbocycles. The van der Waals surface area contributed by atoms with E-state index in [1.165, 1.54) is 0 Å². The summed E-state index contributed by atoms with van der Waals surface area (Å²) in [6, 6.07) is 0. The van der Waals surface area contributed by atoms with E-state index in [0.29, 0.717) is 12.9 Å². The fourth-order valence-electron chi connectivity index (χ4n) is 1.71. The molecular formula is C12H23NO3. The fourth-order valence-corrected chi connectivity index (χ4v) is 1.71. The van der Waals surface area contributed by atoms with Gasteiger partial charge in [-0.1, -0.05) is 13.8 Å². The molecule has 0 atom stereocenters. The zero-order valence-corrected chi connectivity index (χ0v) is 11.1. The molecular weight excluding hydrogens is 206 g/mol. The smallest absolute Gasteiger partial charge is 0.293 e. The van der Waals surface area contributed by atoms with Crippen LogP contribution in [-0.2, 0) is 14.3 Å². The Morgan fingerprint density at radius 1 is 1.31 bits per heavy atom. The second-order valence-electron chi connectivity index (χ2n) is 5.53. The minimum Gasteiger partial charge on any atom is -0.478 e. The lowest BCUT2D eigenvalue weighted by atomic mass is 9.81. The first-order valence-corrected chi connectivity index (χ1v) is 5.48. The van der Waals surface area contributed by atoms with Crippen LogP contribution in [0.15, 0.2) is 0 Å². The summed E-state index contributed by atoms with van der Waals surface area (Å²) in [5.41, 5.74) is -1.03. The number of nitrogens with one attached hydrogen (secondary N) is 1. The molecule has 0 amide bonds. The molecule has 0 bridgehead atoms. The van der Waals surface area contributed by atoms with E-state index in [-0.39, 0.29) is 12.0 Å². The van der Waals surface area contributed by atoms with E-state index in [2.05, 4.69) is 0 Å². The summed E-state index contributed by atoms with van der Waals surface area (Å²) in [5.74, 6) is 0.227. The molecule has 1 N–H and O–H groups in total. The number of ether oxygens (including phenoxy) is 2. The molecule has 0 aliphatic heterocycles. The van der Waals surface area contributed by atoms with Gasteiger partial charge in [0.2, 0.25) is 0 Å². The topological polar surface area (TPSA) is 59.4 Å².